The van der Waals surface area contributed by atoms with Gasteiger partial charge in [0.15, 0.2) is 0 Å². The molecule has 0 radical (unpaired) electrons. The largest absolute Gasteiger partial charge is 0.379 e. The number of halogens is 1. The molecule has 0 rings (SSSR count). The van der Waals surface area contributed by atoms with E-state index in [-0.39, 0.29) is 6.10 Å². The average Bonchev–Trinajstić information content (AvgIpc) is 2.62. The van der Waals surface area contributed by atoms with Crippen LogP contribution in [0.5, 0.6) is 0 Å². The maximum Gasteiger partial charge on any atom is 0.0703 e. The lowest BCUT2D eigenvalue weighted by Crippen LogP contribution is -2.14. The van der Waals surface area contributed by atoms with Crippen molar-refractivity contribution in [3.63, 3.8) is 0 Å². The van der Waals surface area contributed by atoms with Crippen LogP contribution in [0.3, 0.4) is 0 Å². The second kappa shape index (κ2) is 23.5. The molecular formula is C19H39IO6. The molecule has 0 bridgehead atoms. The fourth-order valence-electron chi connectivity index (χ4n) is 1.98. The SMILES string of the molecule is CC(C)OCCOCCOCCOCCOCCOCCCCCCI. The highest BCUT2D eigenvalue weighted by Crippen LogP contribution is 2.02. The molecule has 0 heterocycles. The average molecular weight is 490 g/mol. The van der Waals surface area contributed by atoms with E-state index in [1.165, 1.54) is 23.7 Å². The predicted octanol–water partition coefficient (Wildman–Crippen LogP) is 3.49. The first-order chi connectivity index (χ1) is 12.8. The van der Waals surface area contributed by atoms with Gasteiger partial charge in [0.05, 0.1) is 72.2 Å². The van der Waals surface area contributed by atoms with Gasteiger partial charge in [0.1, 0.15) is 0 Å². The van der Waals surface area contributed by atoms with Crippen LogP contribution in [-0.4, -0.2) is 83.2 Å². The van der Waals surface area contributed by atoms with Crippen LogP contribution in [0.1, 0.15) is 39.5 Å². The van der Waals surface area contributed by atoms with Crippen LogP contribution in [0.15, 0.2) is 0 Å². The molecule has 6 nitrogen and oxygen atoms in total. The third kappa shape index (κ3) is 24.5. The summed E-state index contributed by atoms with van der Waals surface area (Å²) in [6, 6.07) is 0. The minimum atomic E-state index is 0.253. The van der Waals surface area contributed by atoms with Crippen LogP contribution in [0.25, 0.3) is 0 Å². The van der Waals surface area contributed by atoms with E-state index in [0.29, 0.717) is 66.1 Å². The van der Waals surface area contributed by atoms with Crippen LogP contribution >= 0.6 is 22.6 Å². The molecule has 0 aliphatic heterocycles. The molecule has 0 aromatic carbocycles. The van der Waals surface area contributed by atoms with Gasteiger partial charge in [-0.3, -0.25) is 0 Å². The zero-order valence-corrected chi connectivity index (χ0v) is 18.9. The Morgan fingerprint density at radius 3 is 1.31 bits per heavy atom. The molecule has 0 amide bonds. The molecule has 0 spiro atoms. The zero-order valence-electron chi connectivity index (χ0n) is 16.7. The third-order valence-corrected chi connectivity index (χ3v) is 4.10. The Morgan fingerprint density at radius 2 is 0.885 bits per heavy atom. The van der Waals surface area contributed by atoms with Crippen molar-refractivity contribution in [2.45, 2.75) is 45.6 Å². The van der Waals surface area contributed by atoms with Gasteiger partial charge in [-0.1, -0.05) is 35.4 Å². The summed E-state index contributed by atoms with van der Waals surface area (Å²) in [5.41, 5.74) is 0. The summed E-state index contributed by atoms with van der Waals surface area (Å²) < 4.78 is 33.8. The Bertz CT molecular complexity index is 256. The molecule has 26 heavy (non-hydrogen) atoms. The van der Waals surface area contributed by atoms with E-state index in [9.17, 15) is 0 Å². The molecule has 0 N–H and O–H groups in total. The Balaban J connectivity index is 2.97. The highest BCUT2D eigenvalue weighted by molar-refractivity contribution is 14.1. The maximum atomic E-state index is 5.53. The summed E-state index contributed by atoms with van der Waals surface area (Å²) in [6.07, 6.45) is 5.29. The van der Waals surface area contributed by atoms with Crippen molar-refractivity contribution in [2.75, 3.05) is 77.1 Å². The van der Waals surface area contributed by atoms with E-state index in [1.54, 1.807) is 0 Å². The fraction of sp³-hybridized carbons (Fsp3) is 1.00. The molecule has 0 aromatic rings. The van der Waals surface area contributed by atoms with Gasteiger partial charge in [-0.05, 0) is 31.1 Å². The predicted molar refractivity (Wildman–Crippen MR) is 113 cm³/mol. The minimum Gasteiger partial charge on any atom is -0.379 e. The van der Waals surface area contributed by atoms with Gasteiger partial charge >= 0.3 is 0 Å². The molecule has 0 aromatic heterocycles. The second-order valence-corrected chi connectivity index (χ2v) is 7.16. The minimum absolute atomic E-state index is 0.253. The number of rotatable bonds is 22. The van der Waals surface area contributed by atoms with E-state index in [1.807, 2.05) is 13.8 Å². The Kier molecular flexibility index (Phi) is 24.0. The van der Waals surface area contributed by atoms with Crippen LogP contribution in [0, 0.1) is 0 Å². The number of ether oxygens (including phenoxy) is 6. The molecule has 0 unspecified atom stereocenters. The maximum absolute atomic E-state index is 5.53. The molecule has 0 saturated heterocycles. The normalized spacial score (nSPS) is 11.5. The Labute approximate surface area is 173 Å². The number of hydrogen-bond acceptors (Lipinski definition) is 6. The summed E-state index contributed by atoms with van der Waals surface area (Å²) in [5, 5.41) is 0. The van der Waals surface area contributed by atoms with Crippen molar-refractivity contribution < 1.29 is 28.4 Å². The van der Waals surface area contributed by atoms with Crippen molar-refractivity contribution in [3.8, 4) is 0 Å². The fourth-order valence-corrected chi connectivity index (χ4v) is 2.52. The molecule has 7 heteroatoms. The lowest BCUT2D eigenvalue weighted by atomic mass is 10.2. The van der Waals surface area contributed by atoms with Gasteiger partial charge in [0, 0.05) is 6.61 Å². The summed E-state index contributed by atoms with van der Waals surface area (Å²) in [7, 11) is 0. The lowest BCUT2D eigenvalue weighted by molar-refractivity contribution is -0.0213. The first-order valence-corrected chi connectivity index (χ1v) is 11.4. The smallest absolute Gasteiger partial charge is 0.0703 e. The van der Waals surface area contributed by atoms with Crippen molar-refractivity contribution in [2.24, 2.45) is 0 Å². The topological polar surface area (TPSA) is 55.4 Å². The van der Waals surface area contributed by atoms with E-state index >= 15 is 0 Å². The quantitative estimate of drug-likeness (QED) is 0.132. The van der Waals surface area contributed by atoms with Crippen LogP contribution in [0.2, 0.25) is 0 Å². The van der Waals surface area contributed by atoms with Crippen molar-refractivity contribution >= 4 is 22.6 Å². The first-order valence-electron chi connectivity index (χ1n) is 9.83. The summed E-state index contributed by atoms with van der Waals surface area (Å²) >= 11 is 2.42. The number of unbranched alkanes of at least 4 members (excludes halogenated alkanes) is 3. The van der Waals surface area contributed by atoms with Crippen LogP contribution in [-0.2, 0) is 28.4 Å². The zero-order chi connectivity index (χ0) is 19.1. The molecule has 0 saturated carbocycles. The van der Waals surface area contributed by atoms with Gasteiger partial charge in [0.2, 0.25) is 0 Å². The van der Waals surface area contributed by atoms with Gasteiger partial charge in [-0.15, -0.1) is 0 Å². The van der Waals surface area contributed by atoms with E-state index in [2.05, 4.69) is 22.6 Å². The van der Waals surface area contributed by atoms with Gasteiger partial charge < -0.3 is 28.4 Å². The van der Waals surface area contributed by atoms with E-state index in [0.717, 1.165) is 13.0 Å². The third-order valence-electron chi connectivity index (χ3n) is 3.34. The number of alkyl halides is 1. The van der Waals surface area contributed by atoms with Gasteiger partial charge in [-0.25, -0.2) is 0 Å². The highest BCUT2D eigenvalue weighted by Gasteiger charge is 1.95. The molecular weight excluding hydrogens is 451 g/mol. The van der Waals surface area contributed by atoms with Crippen LogP contribution < -0.4 is 0 Å². The Morgan fingerprint density at radius 1 is 0.500 bits per heavy atom. The Hall–Kier alpha value is 0.490. The highest BCUT2D eigenvalue weighted by atomic mass is 127. The molecule has 0 aliphatic rings. The van der Waals surface area contributed by atoms with E-state index < -0.39 is 0 Å². The summed E-state index contributed by atoms with van der Waals surface area (Å²) in [6.45, 7) is 10.9. The number of hydrogen-bond donors (Lipinski definition) is 0. The first kappa shape index (κ1) is 26.5. The summed E-state index contributed by atoms with van der Waals surface area (Å²) in [4.78, 5) is 0. The van der Waals surface area contributed by atoms with Gasteiger partial charge in [0.25, 0.3) is 0 Å². The monoisotopic (exact) mass is 490 g/mol. The molecule has 0 atom stereocenters. The van der Waals surface area contributed by atoms with Crippen LogP contribution in [0.4, 0.5) is 0 Å². The molecule has 158 valence electrons. The molecule has 0 fully saturated rings. The summed E-state index contributed by atoms with van der Waals surface area (Å²) in [5.74, 6) is 0. The van der Waals surface area contributed by atoms with Gasteiger partial charge in [-0.2, -0.15) is 0 Å². The lowest BCUT2D eigenvalue weighted by Gasteiger charge is -2.09. The second-order valence-electron chi connectivity index (χ2n) is 6.08. The molecule has 0 aliphatic carbocycles. The van der Waals surface area contributed by atoms with Crippen molar-refractivity contribution in [3.05, 3.63) is 0 Å². The van der Waals surface area contributed by atoms with E-state index in [4.69, 9.17) is 28.4 Å². The van der Waals surface area contributed by atoms with Crippen molar-refractivity contribution in [1.82, 2.24) is 0 Å². The standard InChI is InChI=1S/C19H39IO6/c1-19(2)26-18-17-25-16-15-24-14-13-23-12-11-22-10-9-21-8-6-4-3-5-7-20/h19H,3-18H2,1-2H3. The van der Waals surface area contributed by atoms with Crippen molar-refractivity contribution in [1.29, 1.82) is 0 Å².